The molecule has 5 heteroatoms. The summed E-state index contributed by atoms with van der Waals surface area (Å²) in [6.07, 6.45) is 0.462. The maximum Gasteiger partial charge on any atom is 0.310 e. The summed E-state index contributed by atoms with van der Waals surface area (Å²) < 4.78 is 9.92. The second-order valence-corrected chi connectivity index (χ2v) is 3.65. The standard InChI is InChI=1S/C10H19NO4/c1-14-10(13)9(2-5-12)8-11-3-6-15-7-4-11/h9,12H,2-8H2,1H3. The van der Waals surface area contributed by atoms with Crippen molar-refractivity contribution in [2.45, 2.75) is 6.42 Å². The van der Waals surface area contributed by atoms with Gasteiger partial charge in [-0.15, -0.1) is 0 Å². The highest BCUT2D eigenvalue weighted by atomic mass is 16.5. The second-order valence-electron chi connectivity index (χ2n) is 3.65. The average molecular weight is 217 g/mol. The average Bonchev–Trinajstić information content (AvgIpc) is 2.29. The highest BCUT2D eigenvalue weighted by Gasteiger charge is 2.22. The van der Waals surface area contributed by atoms with Gasteiger partial charge in [-0.25, -0.2) is 0 Å². The normalized spacial score (nSPS) is 19.9. The molecule has 1 unspecified atom stereocenters. The maximum atomic E-state index is 11.4. The topological polar surface area (TPSA) is 59.0 Å². The first-order chi connectivity index (χ1) is 7.27. The minimum absolute atomic E-state index is 0.0180. The Kier molecular flexibility index (Phi) is 5.60. The molecule has 5 nitrogen and oxygen atoms in total. The molecule has 88 valence electrons. The minimum Gasteiger partial charge on any atom is -0.469 e. The summed E-state index contributed by atoms with van der Waals surface area (Å²) in [6.45, 7) is 3.79. The van der Waals surface area contributed by atoms with Crippen molar-refractivity contribution < 1.29 is 19.4 Å². The molecule has 0 spiro atoms. The number of aliphatic hydroxyl groups is 1. The SMILES string of the molecule is COC(=O)C(CCO)CN1CCOCC1. The van der Waals surface area contributed by atoms with Gasteiger partial charge in [0, 0.05) is 26.2 Å². The summed E-state index contributed by atoms with van der Waals surface area (Å²) in [5, 5.41) is 8.86. The molecule has 1 fully saturated rings. The minimum atomic E-state index is -0.240. The number of hydrogen-bond acceptors (Lipinski definition) is 5. The molecule has 1 N–H and O–H groups in total. The number of esters is 1. The molecule has 1 heterocycles. The first kappa shape index (κ1) is 12.4. The third kappa shape index (κ3) is 4.15. The molecule has 0 aromatic carbocycles. The van der Waals surface area contributed by atoms with E-state index in [4.69, 9.17) is 14.6 Å². The number of aliphatic hydroxyl groups excluding tert-OH is 1. The van der Waals surface area contributed by atoms with Crippen molar-refractivity contribution in [3.8, 4) is 0 Å². The maximum absolute atomic E-state index is 11.4. The summed E-state index contributed by atoms with van der Waals surface area (Å²) in [7, 11) is 1.38. The van der Waals surface area contributed by atoms with Crippen molar-refractivity contribution in [3.05, 3.63) is 0 Å². The van der Waals surface area contributed by atoms with Crippen molar-refractivity contribution in [1.82, 2.24) is 4.90 Å². The highest BCUT2D eigenvalue weighted by Crippen LogP contribution is 2.09. The third-order valence-corrected chi connectivity index (χ3v) is 2.59. The van der Waals surface area contributed by atoms with Crippen LogP contribution in [0.1, 0.15) is 6.42 Å². The first-order valence-electron chi connectivity index (χ1n) is 5.26. The third-order valence-electron chi connectivity index (χ3n) is 2.59. The molecule has 0 aromatic heterocycles. The van der Waals surface area contributed by atoms with Crippen molar-refractivity contribution in [2.75, 3.05) is 46.6 Å². The lowest BCUT2D eigenvalue weighted by Gasteiger charge is -2.29. The quantitative estimate of drug-likeness (QED) is 0.629. The molecule has 0 saturated carbocycles. The molecule has 0 amide bonds. The summed E-state index contributed by atoms with van der Waals surface area (Å²) in [5.74, 6) is -0.464. The molecule has 15 heavy (non-hydrogen) atoms. The summed E-state index contributed by atoms with van der Waals surface area (Å²) in [6, 6.07) is 0. The van der Waals surface area contributed by atoms with E-state index in [1.165, 1.54) is 7.11 Å². The fourth-order valence-electron chi connectivity index (χ4n) is 1.70. The highest BCUT2D eigenvalue weighted by molar-refractivity contribution is 5.72. The Hall–Kier alpha value is -0.650. The lowest BCUT2D eigenvalue weighted by Crippen LogP contribution is -2.41. The van der Waals surface area contributed by atoms with E-state index < -0.39 is 0 Å². The number of morpholine rings is 1. The fourth-order valence-corrected chi connectivity index (χ4v) is 1.70. The van der Waals surface area contributed by atoms with Crippen LogP contribution in [-0.2, 0) is 14.3 Å². The van der Waals surface area contributed by atoms with E-state index in [-0.39, 0.29) is 18.5 Å². The largest absolute Gasteiger partial charge is 0.469 e. The molecular weight excluding hydrogens is 198 g/mol. The van der Waals surface area contributed by atoms with Gasteiger partial charge in [0.05, 0.1) is 26.2 Å². The monoisotopic (exact) mass is 217 g/mol. The Morgan fingerprint density at radius 1 is 1.53 bits per heavy atom. The fraction of sp³-hybridized carbons (Fsp3) is 0.900. The van der Waals surface area contributed by atoms with Crippen molar-refractivity contribution in [3.63, 3.8) is 0 Å². The van der Waals surface area contributed by atoms with Gasteiger partial charge in [-0.2, -0.15) is 0 Å². The van der Waals surface area contributed by atoms with E-state index in [1.54, 1.807) is 0 Å². The number of carbonyl (C=O) groups is 1. The summed E-state index contributed by atoms with van der Waals surface area (Å²) in [4.78, 5) is 13.6. The zero-order chi connectivity index (χ0) is 11.1. The van der Waals surface area contributed by atoms with Crippen molar-refractivity contribution >= 4 is 5.97 Å². The molecule has 0 radical (unpaired) electrons. The van der Waals surface area contributed by atoms with Gasteiger partial charge in [-0.05, 0) is 6.42 Å². The molecule has 1 aliphatic heterocycles. The van der Waals surface area contributed by atoms with Crippen LogP contribution in [0.5, 0.6) is 0 Å². The van der Waals surface area contributed by atoms with Crippen LogP contribution in [0, 0.1) is 5.92 Å². The van der Waals surface area contributed by atoms with Gasteiger partial charge in [-0.3, -0.25) is 9.69 Å². The number of ether oxygens (including phenoxy) is 2. The van der Waals surface area contributed by atoms with Crippen molar-refractivity contribution in [1.29, 1.82) is 0 Å². The van der Waals surface area contributed by atoms with E-state index in [2.05, 4.69) is 4.90 Å². The molecule has 1 rings (SSSR count). The van der Waals surface area contributed by atoms with Gasteiger partial charge in [0.1, 0.15) is 0 Å². The van der Waals surface area contributed by atoms with Crippen molar-refractivity contribution in [2.24, 2.45) is 5.92 Å². The van der Waals surface area contributed by atoms with Crippen LogP contribution in [0.15, 0.2) is 0 Å². The van der Waals surface area contributed by atoms with Gasteiger partial charge >= 0.3 is 5.97 Å². The Balaban J connectivity index is 2.38. The molecule has 1 saturated heterocycles. The van der Waals surface area contributed by atoms with E-state index in [9.17, 15) is 4.79 Å². The molecular formula is C10H19NO4. The summed E-state index contributed by atoms with van der Waals surface area (Å²) in [5.41, 5.74) is 0. The lowest BCUT2D eigenvalue weighted by atomic mass is 10.1. The molecule has 1 aliphatic rings. The number of methoxy groups -OCH3 is 1. The first-order valence-corrected chi connectivity index (χ1v) is 5.26. The lowest BCUT2D eigenvalue weighted by molar-refractivity contribution is -0.147. The number of rotatable bonds is 5. The number of carbonyl (C=O) groups excluding carboxylic acids is 1. The van der Waals surface area contributed by atoms with Gasteiger partial charge in [0.25, 0.3) is 0 Å². The molecule has 1 atom stereocenters. The van der Waals surface area contributed by atoms with Crippen LogP contribution in [0.25, 0.3) is 0 Å². The van der Waals surface area contributed by atoms with Crippen LogP contribution in [0.3, 0.4) is 0 Å². The van der Waals surface area contributed by atoms with Gasteiger partial charge in [0.2, 0.25) is 0 Å². The predicted molar refractivity (Wildman–Crippen MR) is 54.5 cm³/mol. The van der Waals surface area contributed by atoms with Crippen LogP contribution >= 0.6 is 0 Å². The predicted octanol–water partition coefficient (Wildman–Crippen LogP) is -0.510. The number of hydrogen-bond donors (Lipinski definition) is 1. The van der Waals surface area contributed by atoms with E-state index in [0.29, 0.717) is 26.2 Å². The Labute approximate surface area is 90.0 Å². The summed E-state index contributed by atoms with van der Waals surface area (Å²) >= 11 is 0. The smallest absolute Gasteiger partial charge is 0.310 e. The second kappa shape index (κ2) is 6.76. The Morgan fingerprint density at radius 2 is 2.20 bits per heavy atom. The van der Waals surface area contributed by atoms with E-state index >= 15 is 0 Å². The number of nitrogens with zero attached hydrogens (tertiary/aromatic N) is 1. The van der Waals surface area contributed by atoms with Crippen LogP contribution in [0.2, 0.25) is 0 Å². The molecule has 0 aliphatic carbocycles. The molecule has 0 aromatic rings. The van der Waals surface area contributed by atoms with Gasteiger partial charge < -0.3 is 14.6 Å². The molecule has 0 bridgehead atoms. The van der Waals surface area contributed by atoms with E-state index in [1.807, 2.05) is 0 Å². The Morgan fingerprint density at radius 3 is 2.73 bits per heavy atom. The zero-order valence-corrected chi connectivity index (χ0v) is 9.15. The van der Waals surface area contributed by atoms with Gasteiger partial charge in [0.15, 0.2) is 0 Å². The van der Waals surface area contributed by atoms with Crippen LogP contribution < -0.4 is 0 Å². The Bertz CT molecular complexity index is 192. The van der Waals surface area contributed by atoms with Crippen LogP contribution in [-0.4, -0.2) is 62.5 Å². The van der Waals surface area contributed by atoms with Gasteiger partial charge in [-0.1, -0.05) is 0 Å². The van der Waals surface area contributed by atoms with E-state index in [0.717, 1.165) is 13.1 Å². The van der Waals surface area contributed by atoms with Crippen LogP contribution in [0.4, 0.5) is 0 Å². The zero-order valence-electron chi connectivity index (χ0n) is 9.15.